The van der Waals surface area contributed by atoms with E-state index in [4.69, 9.17) is 4.74 Å². The number of rotatable bonds is 7. The minimum atomic E-state index is -0.463. The van der Waals surface area contributed by atoms with E-state index in [1.54, 1.807) is 12.4 Å². The number of imidazole rings is 1. The van der Waals surface area contributed by atoms with E-state index < -0.39 is 5.60 Å². The molecule has 0 aromatic carbocycles. The van der Waals surface area contributed by atoms with Crippen LogP contribution in [0.1, 0.15) is 40.4 Å². The molecule has 0 radical (unpaired) electrons. The molecule has 0 saturated heterocycles. The van der Waals surface area contributed by atoms with E-state index in [1.165, 1.54) is 0 Å². The first-order valence-corrected chi connectivity index (χ1v) is 7.43. The molecule has 6 heteroatoms. The predicted octanol–water partition coefficient (Wildman–Crippen LogP) is 2.30. The van der Waals surface area contributed by atoms with E-state index >= 15 is 0 Å². The number of H-pyrrole nitrogens is 1. The number of aromatic amines is 1. The van der Waals surface area contributed by atoms with E-state index in [0.29, 0.717) is 24.9 Å². The topological polar surface area (TPSA) is 79.0 Å². The second-order valence-corrected chi connectivity index (χ2v) is 6.55. The van der Waals surface area contributed by atoms with Crippen LogP contribution in [0.15, 0.2) is 12.4 Å². The Balaban J connectivity index is 2.31. The quantitative estimate of drug-likeness (QED) is 0.721. The number of hydrogen-bond donors (Lipinski definition) is 3. The molecule has 3 N–H and O–H groups in total. The summed E-state index contributed by atoms with van der Waals surface area (Å²) < 4.78 is 5.25. The highest BCUT2D eigenvalue weighted by atomic mass is 16.6. The Hall–Kier alpha value is -1.56. The van der Waals surface area contributed by atoms with E-state index in [-0.39, 0.29) is 6.09 Å². The van der Waals surface area contributed by atoms with E-state index in [1.807, 2.05) is 20.8 Å². The van der Waals surface area contributed by atoms with Crippen LogP contribution in [0.3, 0.4) is 0 Å². The molecular formula is C15H28N4O2. The first kappa shape index (κ1) is 17.5. The largest absolute Gasteiger partial charge is 0.444 e. The van der Waals surface area contributed by atoms with Crippen molar-refractivity contribution in [3.05, 3.63) is 18.2 Å². The highest BCUT2D eigenvalue weighted by Crippen LogP contribution is 2.10. The lowest BCUT2D eigenvalue weighted by Crippen LogP contribution is -2.39. The molecule has 1 unspecified atom stereocenters. The van der Waals surface area contributed by atoms with E-state index in [2.05, 4.69) is 34.4 Å². The summed E-state index contributed by atoms with van der Waals surface area (Å²) in [5.74, 6) is 1.72. The van der Waals surface area contributed by atoms with Gasteiger partial charge >= 0.3 is 6.09 Å². The van der Waals surface area contributed by atoms with Gasteiger partial charge in [0, 0.05) is 25.5 Å². The van der Waals surface area contributed by atoms with Gasteiger partial charge in [0.1, 0.15) is 11.4 Å². The number of alkyl carbamates (subject to hydrolysis) is 1. The number of carbonyl (C=O) groups excluding carboxylic acids is 1. The standard InChI is InChI=1S/C15H28N4O2/c1-11(2)12(8-16-10-13-17-6-7-18-13)9-19-14(20)21-15(3,4)5/h6-7,11-12,16H,8-10H2,1-5H3,(H,17,18)(H,19,20). The molecule has 1 aromatic heterocycles. The van der Waals surface area contributed by atoms with Crippen molar-refractivity contribution in [1.29, 1.82) is 0 Å². The van der Waals surface area contributed by atoms with Crippen molar-refractivity contribution in [2.45, 2.75) is 46.8 Å². The Kier molecular flexibility index (Phi) is 6.68. The van der Waals surface area contributed by atoms with Crippen molar-refractivity contribution >= 4 is 6.09 Å². The Morgan fingerprint density at radius 1 is 1.38 bits per heavy atom. The third kappa shape index (κ3) is 7.70. The van der Waals surface area contributed by atoms with Gasteiger partial charge in [-0.15, -0.1) is 0 Å². The smallest absolute Gasteiger partial charge is 0.407 e. The molecule has 0 aliphatic rings. The van der Waals surface area contributed by atoms with Gasteiger partial charge in [0.25, 0.3) is 0 Å². The predicted molar refractivity (Wildman–Crippen MR) is 82.9 cm³/mol. The molecule has 1 aromatic rings. The number of nitrogens with zero attached hydrogens (tertiary/aromatic N) is 1. The van der Waals surface area contributed by atoms with Crippen LogP contribution in [-0.2, 0) is 11.3 Å². The minimum Gasteiger partial charge on any atom is -0.444 e. The Morgan fingerprint density at radius 2 is 2.10 bits per heavy atom. The molecule has 1 amide bonds. The van der Waals surface area contributed by atoms with Gasteiger partial charge in [-0.25, -0.2) is 9.78 Å². The third-order valence-corrected chi connectivity index (χ3v) is 3.10. The second kappa shape index (κ2) is 8.02. The second-order valence-electron chi connectivity index (χ2n) is 6.55. The zero-order valence-electron chi connectivity index (χ0n) is 13.7. The van der Waals surface area contributed by atoms with Crippen LogP contribution in [0.2, 0.25) is 0 Å². The summed E-state index contributed by atoms with van der Waals surface area (Å²) in [6.45, 7) is 12.0. The van der Waals surface area contributed by atoms with Crippen LogP contribution < -0.4 is 10.6 Å². The highest BCUT2D eigenvalue weighted by molar-refractivity contribution is 5.67. The summed E-state index contributed by atoms with van der Waals surface area (Å²) in [6, 6.07) is 0. The lowest BCUT2D eigenvalue weighted by molar-refractivity contribution is 0.0515. The molecule has 6 nitrogen and oxygen atoms in total. The zero-order valence-corrected chi connectivity index (χ0v) is 13.7. The van der Waals surface area contributed by atoms with Crippen LogP contribution in [0.25, 0.3) is 0 Å². The fourth-order valence-electron chi connectivity index (χ4n) is 1.84. The molecule has 0 aliphatic carbocycles. The molecule has 0 spiro atoms. The third-order valence-electron chi connectivity index (χ3n) is 3.10. The van der Waals surface area contributed by atoms with Gasteiger partial charge in [-0.05, 0) is 32.6 Å². The number of amides is 1. The molecule has 0 aliphatic heterocycles. The SMILES string of the molecule is CC(C)C(CNCc1ncc[nH]1)CNC(=O)OC(C)(C)C. The minimum absolute atomic E-state index is 0.340. The molecule has 0 bridgehead atoms. The number of hydrogen-bond acceptors (Lipinski definition) is 4. The number of ether oxygens (including phenoxy) is 1. The Labute approximate surface area is 127 Å². The van der Waals surface area contributed by atoms with Gasteiger partial charge in [-0.3, -0.25) is 0 Å². The summed E-state index contributed by atoms with van der Waals surface area (Å²) in [5, 5.41) is 6.20. The molecule has 0 saturated carbocycles. The molecule has 0 fully saturated rings. The lowest BCUT2D eigenvalue weighted by Gasteiger charge is -2.24. The summed E-state index contributed by atoms with van der Waals surface area (Å²) in [5.41, 5.74) is -0.463. The maximum absolute atomic E-state index is 11.7. The number of nitrogens with one attached hydrogen (secondary N) is 3. The number of carbonyl (C=O) groups is 1. The average Bonchev–Trinajstić information content (AvgIpc) is 2.83. The van der Waals surface area contributed by atoms with Crippen molar-refractivity contribution in [3.8, 4) is 0 Å². The van der Waals surface area contributed by atoms with Gasteiger partial charge in [0.05, 0.1) is 6.54 Å². The fourth-order valence-corrected chi connectivity index (χ4v) is 1.84. The molecule has 1 rings (SSSR count). The van der Waals surface area contributed by atoms with Gasteiger partial charge < -0.3 is 20.4 Å². The van der Waals surface area contributed by atoms with Gasteiger partial charge in [-0.2, -0.15) is 0 Å². The molecule has 1 heterocycles. The normalized spacial score (nSPS) is 13.2. The number of aromatic nitrogens is 2. The zero-order chi connectivity index (χ0) is 15.9. The molecular weight excluding hydrogens is 268 g/mol. The summed E-state index contributed by atoms with van der Waals surface area (Å²) >= 11 is 0. The Bertz CT molecular complexity index is 410. The van der Waals surface area contributed by atoms with Crippen LogP contribution in [0, 0.1) is 11.8 Å². The Morgan fingerprint density at radius 3 is 2.62 bits per heavy atom. The highest BCUT2D eigenvalue weighted by Gasteiger charge is 2.19. The first-order valence-electron chi connectivity index (χ1n) is 7.43. The van der Waals surface area contributed by atoms with Gasteiger partial charge in [0.15, 0.2) is 0 Å². The van der Waals surface area contributed by atoms with Crippen molar-refractivity contribution in [3.63, 3.8) is 0 Å². The van der Waals surface area contributed by atoms with Crippen LogP contribution in [0.4, 0.5) is 4.79 Å². The lowest BCUT2D eigenvalue weighted by atomic mass is 9.96. The average molecular weight is 296 g/mol. The van der Waals surface area contributed by atoms with Crippen LogP contribution in [-0.4, -0.2) is 34.8 Å². The van der Waals surface area contributed by atoms with Crippen molar-refractivity contribution < 1.29 is 9.53 Å². The first-order chi connectivity index (χ1) is 9.78. The van der Waals surface area contributed by atoms with Crippen molar-refractivity contribution in [2.24, 2.45) is 11.8 Å². The fraction of sp³-hybridized carbons (Fsp3) is 0.733. The maximum atomic E-state index is 11.7. The summed E-state index contributed by atoms with van der Waals surface area (Å²) in [6.07, 6.45) is 3.18. The maximum Gasteiger partial charge on any atom is 0.407 e. The summed E-state index contributed by atoms with van der Waals surface area (Å²) in [4.78, 5) is 18.9. The van der Waals surface area contributed by atoms with Gasteiger partial charge in [0.2, 0.25) is 0 Å². The van der Waals surface area contributed by atoms with Crippen LogP contribution >= 0.6 is 0 Å². The van der Waals surface area contributed by atoms with Crippen molar-refractivity contribution in [2.75, 3.05) is 13.1 Å². The molecule has 120 valence electrons. The van der Waals surface area contributed by atoms with E-state index in [0.717, 1.165) is 12.4 Å². The van der Waals surface area contributed by atoms with Gasteiger partial charge in [-0.1, -0.05) is 13.8 Å². The van der Waals surface area contributed by atoms with Crippen LogP contribution in [0.5, 0.6) is 0 Å². The summed E-state index contributed by atoms with van der Waals surface area (Å²) in [7, 11) is 0. The van der Waals surface area contributed by atoms with E-state index in [9.17, 15) is 4.79 Å². The monoisotopic (exact) mass is 296 g/mol. The van der Waals surface area contributed by atoms with Crippen molar-refractivity contribution in [1.82, 2.24) is 20.6 Å². The molecule has 1 atom stereocenters. The molecule has 21 heavy (non-hydrogen) atoms.